The van der Waals surface area contributed by atoms with Gasteiger partial charge in [0.05, 0.1) is 5.52 Å². The Kier molecular flexibility index (Phi) is 6.39. The molecule has 2 N–H and O–H groups in total. The average Bonchev–Trinajstić information content (AvgIpc) is 3.41. The van der Waals surface area contributed by atoms with Crippen LogP contribution in [0.3, 0.4) is 0 Å². The van der Waals surface area contributed by atoms with Crippen molar-refractivity contribution >= 4 is 22.5 Å². The Labute approximate surface area is 220 Å². The van der Waals surface area contributed by atoms with E-state index in [-0.39, 0.29) is 0 Å². The molecule has 0 spiro atoms. The van der Waals surface area contributed by atoms with Crippen LogP contribution in [0.25, 0.3) is 22.3 Å². The molecule has 0 aliphatic carbocycles. The highest BCUT2D eigenvalue weighted by Gasteiger charge is 2.10. The van der Waals surface area contributed by atoms with Crippen molar-refractivity contribution in [3.63, 3.8) is 0 Å². The van der Waals surface area contributed by atoms with Gasteiger partial charge >= 0.3 is 0 Å². The second-order valence-electron chi connectivity index (χ2n) is 8.89. The van der Waals surface area contributed by atoms with Gasteiger partial charge in [0.1, 0.15) is 23.9 Å². The van der Waals surface area contributed by atoms with Crippen LogP contribution in [-0.2, 0) is 6.61 Å². The zero-order valence-corrected chi connectivity index (χ0v) is 20.8. The molecule has 0 aliphatic heterocycles. The van der Waals surface area contributed by atoms with Gasteiger partial charge in [-0.05, 0) is 60.5 Å². The maximum atomic E-state index is 6.28. The molecule has 0 saturated carbocycles. The first-order valence-corrected chi connectivity index (χ1v) is 12.3. The van der Waals surface area contributed by atoms with Crippen molar-refractivity contribution in [2.45, 2.75) is 13.5 Å². The van der Waals surface area contributed by atoms with Crippen LogP contribution in [0, 0.1) is 6.92 Å². The summed E-state index contributed by atoms with van der Waals surface area (Å²) in [6, 6.07) is 33.6. The molecule has 186 valence electrons. The molecule has 0 aliphatic rings. The zero-order valence-electron chi connectivity index (χ0n) is 20.8. The molecule has 0 saturated heterocycles. The number of nitrogens with one attached hydrogen (secondary N) is 2. The lowest BCUT2D eigenvalue weighted by atomic mass is 10.2. The predicted octanol–water partition coefficient (Wildman–Crippen LogP) is 7.44. The van der Waals surface area contributed by atoms with Gasteiger partial charge < -0.3 is 14.8 Å². The quantitative estimate of drug-likeness (QED) is 0.226. The third-order valence-corrected chi connectivity index (χ3v) is 6.02. The number of H-pyrrole nitrogens is 1. The molecule has 0 amide bonds. The number of anilines is 2. The minimum atomic E-state index is 0.499. The number of pyridine rings is 1. The van der Waals surface area contributed by atoms with Crippen LogP contribution < -0.4 is 14.8 Å². The topological polar surface area (TPSA) is 85.0 Å². The SMILES string of the molecule is Cc1cccc(Nc2n[nH]c(-c3cccc(Oc4ccnc5cc(OCc6ccccc6)ccc45)c3)n2)c1. The molecule has 4 aromatic carbocycles. The van der Waals surface area contributed by atoms with Crippen LogP contribution in [0.1, 0.15) is 11.1 Å². The van der Waals surface area contributed by atoms with Gasteiger partial charge in [0.15, 0.2) is 5.82 Å². The summed E-state index contributed by atoms with van der Waals surface area (Å²) >= 11 is 0. The van der Waals surface area contributed by atoms with Gasteiger partial charge in [-0.15, -0.1) is 5.10 Å². The molecule has 0 bridgehead atoms. The highest BCUT2D eigenvalue weighted by molar-refractivity contribution is 5.86. The molecule has 0 fully saturated rings. The lowest BCUT2D eigenvalue weighted by molar-refractivity contribution is 0.306. The van der Waals surface area contributed by atoms with Gasteiger partial charge in [0, 0.05) is 28.9 Å². The smallest absolute Gasteiger partial charge is 0.246 e. The molecule has 6 aromatic rings. The molecule has 38 heavy (non-hydrogen) atoms. The molecule has 0 radical (unpaired) electrons. The Morgan fingerprint density at radius 1 is 0.816 bits per heavy atom. The van der Waals surface area contributed by atoms with E-state index in [2.05, 4.69) is 25.5 Å². The van der Waals surface area contributed by atoms with Crippen LogP contribution in [0.5, 0.6) is 17.2 Å². The van der Waals surface area contributed by atoms with Crippen LogP contribution >= 0.6 is 0 Å². The second kappa shape index (κ2) is 10.4. The van der Waals surface area contributed by atoms with E-state index in [9.17, 15) is 0 Å². The van der Waals surface area contributed by atoms with Crippen molar-refractivity contribution in [2.24, 2.45) is 0 Å². The first-order valence-electron chi connectivity index (χ1n) is 12.3. The van der Waals surface area contributed by atoms with Gasteiger partial charge in [-0.3, -0.25) is 10.1 Å². The first-order chi connectivity index (χ1) is 18.7. The predicted molar refractivity (Wildman–Crippen MR) is 149 cm³/mol. The number of fused-ring (bicyclic) bond motifs is 1. The molecule has 7 heteroatoms. The van der Waals surface area contributed by atoms with Crippen molar-refractivity contribution in [2.75, 3.05) is 5.32 Å². The molecule has 2 heterocycles. The van der Waals surface area contributed by atoms with Crippen LogP contribution in [-0.4, -0.2) is 20.2 Å². The van der Waals surface area contributed by atoms with Crippen molar-refractivity contribution in [1.29, 1.82) is 0 Å². The molecule has 0 unspecified atom stereocenters. The lowest BCUT2D eigenvalue weighted by Crippen LogP contribution is -1.95. The summed E-state index contributed by atoms with van der Waals surface area (Å²) in [6.07, 6.45) is 1.74. The summed E-state index contributed by atoms with van der Waals surface area (Å²) in [4.78, 5) is 9.11. The molecule has 0 atom stereocenters. The number of nitrogens with zero attached hydrogens (tertiary/aromatic N) is 3. The van der Waals surface area contributed by atoms with Gasteiger partial charge in [0.25, 0.3) is 0 Å². The van der Waals surface area contributed by atoms with Crippen molar-refractivity contribution in [1.82, 2.24) is 20.2 Å². The number of hydrogen-bond acceptors (Lipinski definition) is 6. The molecule has 2 aromatic heterocycles. The standard InChI is InChI=1S/C31H25N5O2/c1-21-7-5-11-24(17-21)33-31-34-30(35-36-31)23-10-6-12-26(18-23)38-29-15-16-32-28-19-25(13-14-27(28)29)37-20-22-8-3-2-4-9-22/h2-19H,20H2,1H3,(H2,33,34,35,36). The summed E-state index contributed by atoms with van der Waals surface area (Å²) in [5, 5.41) is 11.4. The first kappa shape index (κ1) is 23.2. The van der Waals surface area contributed by atoms with E-state index >= 15 is 0 Å². The zero-order chi connectivity index (χ0) is 25.7. The molecular formula is C31H25N5O2. The van der Waals surface area contributed by atoms with Crippen LogP contribution in [0.2, 0.25) is 0 Å². The van der Waals surface area contributed by atoms with Crippen molar-refractivity contribution in [3.05, 3.63) is 120 Å². The van der Waals surface area contributed by atoms with Gasteiger partial charge in [-0.2, -0.15) is 4.98 Å². The van der Waals surface area contributed by atoms with E-state index in [0.29, 0.717) is 29.9 Å². The molecule has 7 nitrogen and oxygen atoms in total. The Hall–Kier alpha value is -5.17. The second-order valence-corrected chi connectivity index (χ2v) is 8.89. The van der Waals surface area contributed by atoms with E-state index in [1.165, 1.54) is 0 Å². The van der Waals surface area contributed by atoms with Gasteiger partial charge in [-0.25, -0.2) is 0 Å². The third kappa shape index (κ3) is 5.32. The summed E-state index contributed by atoms with van der Waals surface area (Å²) in [6.45, 7) is 2.55. The monoisotopic (exact) mass is 499 g/mol. The molecular weight excluding hydrogens is 474 g/mol. The number of rotatable bonds is 8. The highest BCUT2D eigenvalue weighted by atomic mass is 16.5. The number of ether oxygens (including phenoxy) is 2. The Bertz CT molecular complexity index is 1700. The van der Waals surface area contributed by atoms with Crippen LogP contribution in [0.15, 0.2) is 109 Å². The average molecular weight is 500 g/mol. The van der Waals surface area contributed by atoms with Crippen molar-refractivity contribution < 1.29 is 9.47 Å². The Morgan fingerprint density at radius 2 is 1.71 bits per heavy atom. The fourth-order valence-electron chi connectivity index (χ4n) is 4.15. The Morgan fingerprint density at radius 3 is 2.61 bits per heavy atom. The minimum absolute atomic E-state index is 0.499. The number of benzene rings is 4. The largest absolute Gasteiger partial charge is 0.489 e. The van der Waals surface area contributed by atoms with Crippen molar-refractivity contribution in [3.8, 4) is 28.6 Å². The normalized spacial score (nSPS) is 10.9. The summed E-state index contributed by atoms with van der Waals surface area (Å²) < 4.78 is 12.2. The number of hydrogen-bond donors (Lipinski definition) is 2. The Balaban J connectivity index is 1.18. The van der Waals surface area contributed by atoms with E-state index in [1.807, 2.05) is 110 Å². The summed E-state index contributed by atoms with van der Waals surface area (Å²) in [5.74, 6) is 3.30. The van der Waals surface area contributed by atoms with E-state index < -0.39 is 0 Å². The maximum Gasteiger partial charge on any atom is 0.246 e. The number of aromatic nitrogens is 4. The summed E-state index contributed by atoms with van der Waals surface area (Å²) in [5.41, 5.74) is 4.87. The van der Waals surface area contributed by atoms with E-state index in [4.69, 9.17) is 9.47 Å². The fourth-order valence-corrected chi connectivity index (χ4v) is 4.15. The summed E-state index contributed by atoms with van der Waals surface area (Å²) in [7, 11) is 0. The van der Waals surface area contributed by atoms with E-state index in [1.54, 1.807) is 6.20 Å². The molecule has 6 rings (SSSR count). The minimum Gasteiger partial charge on any atom is -0.489 e. The van der Waals surface area contributed by atoms with E-state index in [0.717, 1.165) is 39.0 Å². The lowest BCUT2D eigenvalue weighted by Gasteiger charge is -2.11. The van der Waals surface area contributed by atoms with Crippen LogP contribution in [0.4, 0.5) is 11.6 Å². The maximum absolute atomic E-state index is 6.28. The van der Waals surface area contributed by atoms with Gasteiger partial charge in [0.2, 0.25) is 5.95 Å². The highest BCUT2D eigenvalue weighted by Crippen LogP contribution is 2.32. The fraction of sp³-hybridized carbons (Fsp3) is 0.0645. The van der Waals surface area contributed by atoms with Gasteiger partial charge in [-0.1, -0.05) is 54.6 Å². The number of aromatic amines is 1. The third-order valence-electron chi connectivity index (χ3n) is 6.02. The number of aryl methyl sites for hydroxylation is 1.